The molecule has 0 atom stereocenters. The van der Waals surface area contributed by atoms with Crippen LogP contribution in [-0.4, -0.2) is 50.2 Å². The molecule has 5 nitrogen and oxygen atoms in total. The average Bonchev–Trinajstić information content (AvgIpc) is 2.30. The zero-order chi connectivity index (χ0) is 14.4. The van der Waals surface area contributed by atoms with Crippen molar-refractivity contribution < 1.29 is 4.74 Å². The number of nitrogens with zero attached hydrogens (tertiary/aromatic N) is 3. The zero-order valence-corrected chi connectivity index (χ0v) is 12.7. The highest BCUT2D eigenvalue weighted by atomic mass is 16.5. The third-order valence-corrected chi connectivity index (χ3v) is 2.71. The lowest BCUT2D eigenvalue weighted by atomic mass is 10.3. The van der Waals surface area contributed by atoms with Crippen LogP contribution in [0, 0.1) is 0 Å². The van der Waals surface area contributed by atoms with Gasteiger partial charge in [-0.2, -0.15) is 4.98 Å². The Bertz CT molecular complexity index is 393. The van der Waals surface area contributed by atoms with Crippen LogP contribution in [0.5, 0.6) is 5.88 Å². The van der Waals surface area contributed by atoms with Gasteiger partial charge in [0.1, 0.15) is 5.82 Å². The van der Waals surface area contributed by atoms with E-state index in [1.54, 1.807) is 0 Å². The Morgan fingerprint density at radius 1 is 1.21 bits per heavy atom. The van der Waals surface area contributed by atoms with Gasteiger partial charge in [-0.1, -0.05) is 0 Å². The molecule has 0 aromatic carbocycles. The molecule has 1 rings (SSSR count). The van der Waals surface area contributed by atoms with E-state index in [4.69, 9.17) is 10.5 Å². The summed E-state index contributed by atoms with van der Waals surface area (Å²) in [5.74, 6) is 1.41. The molecule has 1 aromatic rings. The summed E-state index contributed by atoms with van der Waals surface area (Å²) in [4.78, 5) is 8.77. The van der Waals surface area contributed by atoms with Crippen LogP contribution in [0.15, 0.2) is 12.1 Å². The van der Waals surface area contributed by atoms with E-state index in [1.807, 2.05) is 33.0 Å². The fraction of sp³-hybridized carbons (Fsp3) is 0.643. The Kier molecular flexibility index (Phi) is 5.89. The highest BCUT2D eigenvalue weighted by molar-refractivity contribution is 5.54. The number of ether oxygens (including phenoxy) is 1. The minimum absolute atomic E-state index is 0.0732. The third-order valence-electron chi connectivity index (χ3n) is 2.71. The van der Waals surface area contributed by atoms with Crippen molar-refractivity contribution in [2.75, 3.05) is 44.9 Å². The summed E-state index contributed by atoms with van der Waals surface area (Å²) >= 11 is 0. The van der Waals surface area contributed by atoms with E-state index in [1.165, 1.54) is 0 Å². The van der Waals surface area contributed by atoms with Crippen molar-refractivity contribution >= 4 is 11.5 Å². The van der Waals surface area contributed by atoms with Gasteiger partial charge in [0.15, 0.2) is 0 Å². The van der Waals surface area contributed by atoms with Crippen molar-refractivity contribution in [3.63, 3.8) is 0 Å². The Hall–Kier alpha value is -1.49. The lowest BCUT2D eigenvalue weighted by Gasteiger charge is -2.21. The van der Waals surface area contributed by atoms with Gasteiger partial charge in [0.25, 0.3) is 0 Å². The Morgan fingerprint density at radius 3 is 2.47 bits per heavy atom. The lowest BCUT2D eigenvalue weighted by Crippen LogP contribution is -2.24. The van der Waals surface area contributed by atoms with Gasteiger partial charge >= 0.3 is 0 Å². The van der Waals surface area contributed by atoms with Crippen molar-refractivity contribution in [2.45, 2.75) is 26.4 Å². The molecule has 0 amide bonds. The minimum atomic E-state index is 0.0732. The number of anilines is 2. The van der Waals surface area contributed by atoms with Crippen molar-refractivity contribution in [3.05, 3.63) is 12.1 Å². The molecule has 1 aromatic heterocycles. The molecule has 0 radical (unpaired) electrons. The van der Waals surface area contributed by atoms with E-state index in [9.17, 15) is 0 Å². The monoisotopic (exact) mass is 266 g/mol. The highest BCUT2D eigenvalue weighted by Gasteiger charge is 2.09. The molecule has 0 saturated heterocycles. The molecule has 0 aliphatic carbocycles. The SMILES string of the molecule is CC(C)Oc1nc(N(C)CCCN(C)C)ccc1N. The molecule has 0 spiro atoms. The fourth-order valence-corrected chi connectivity index (χ4v) is 1.71. The highest BCUT2D eigenvalue weighted by Crippen LogP contribution is 2.23. The van der Waals surface area contributed by atoms with Crippen LogP contribution in [0.2, 0.25) is 0 Å². The predicted octanol–water partition coefficient (Wildman–Crippen LogP) is 1.84. The van der Waals surface area contributed by atoms with Crippen LogP contribution in [0.1, 0.15) is 20.3 Å². The standard InChI is InChI=1S/C14H26N4O/c1-11(2)19-14-12(15)7-8-13(16-14)18(5)10-6-9-17(3)4/h7-8,11H,6,9-10,15H2,1-5H3. The van der Waals surface area contributed by atoms with Crippen LogP contribution in [0.4, 0.5) is 11.5 Å². The van der Waals surface area contributed by atoms with E-state index in [0.717, 1.165) is 25.3 Å². The quantitative estimate of drug-likeness (QED) is 0.816. The van der Waals surface area contributed by atoms with Gasteiger partial charge in [0.2, 0.25) is 5.88 Å². The summed E-state index contributed by atoms with van der Waals surface area (Å²) in [6.07, 6.45) is 1.17. The molecule has 0 bridgehead atoms. The molecule has 0 aliphatic rings. The number of pyridine rings is 1. The first-order valence-corrected chi connectivity index (χ1v) is 6.69. The number of aromatic nitrogens is 1. The summed E-state index contributed by atoms with van der Waals surface area (Å²) in [5, 5.41) is 0. The maximum absolute atomic E-state index is 5.87. The van der Waals surface area contributed by atoms with Crippen molar-refractivity contribution in [1.29, 1.82) is 0 Å². The molecule has 19 heavy (non-hydrogen) atoms. The summed E-state index contributed by atoms with van der Waals surface area (Å²) in [6.45, 7) is 5.95. The summed E-state index contributed by atoms with van der Waals surface area (Å²) in [7, 11) is 6.19. The van der Waals surface area contributed by atoms with E-state index in [2.05, 4.69) is 28.9 Å². The number of nitrogens with two attached hydrogens (primary N) is 1. The Labute approximate surface area is 116 Å². The Balaban J connectivity index is 2.66. The number of nitrogen functional groups attached to an aromatic ring is 1. The second-order valence-corrected chi connectivity index (χ2v) is 5.31. The topological polar surface area (TPSA) is 54.6 Å². The molecule has 2 N–H and O–H groups in total. The maximum atomic E-state index is 5.87. The molecule has 0 fully saturated rings. The van der Waals surface area contributed by atoms with Crippen molar-refractivity contribution in [3.8, 4) is 5.88 Å². The molecule has 1 heterocycles. The second-order valence-electron chi connectivity index (χ2n) is 5.31. The number of rotatable bonds is 7. The molecule has 0 saturated carbocycles. The first-order chi connectivity index (χ1) is 8.90. The Morgan fingerprint density at radius 2 is 1.89 bits per heavy atom. The third kappa shape index (κ3) is 5.34. The predicted molar refractivity (Wildman–Crippen MR) is 80.9 cm³/mol. The smallest absolute Gasteiger partial charge is 0.239 e. The van der Waals surface area contributed by atoms with Gasteiger partial charge in [0.05, 0.1) is 11.8 Å². The summed E-state index contributed by atoms with van der Waals surface area (Å²) < 4.78 is 5.61. The maximum Gasteiger partial charge on any atom is 0.239 e. The van der Waals surface area contributed by atoms with Gasteiger partial charge in [-0.3, -0.25) is 0 Å². The first kappa shape index (κ1) is 15.6. The van der Waals surface area contributed by atoms with Crippen LogP contribution in [-0.2, 0) is 0 Å². The lowest BCUT2D eigenvalue weighted by molar-refractivity contribution is 0.234. The van der Waals surface area contributed by atoms with E-state index >= 15 is 0 Å². The van der Waals surface area contributed by atoms with Crippen LogP contribution in [0.3, 0.4) is 0 Å². The molecule has 0 aliphatic heterocycles. The first-order valence-electron chi connectivity index (χ1n) is 6.69. The zero-order valence-electron chi connectivity index (χ0n) is 12.7. The number of hydrogen-bond donors (Lipinski definition) is 1. The minimum Gasteiger partial charge on any atom is -0.473 e. The van der Waals surface area contributed by atoms with Crippen LogP contribution < -0.4 is 15.4 Å². The normalized spacial score (nSPS) is 11.1. The molecular weight excluding hydrogens is 240 g/mol. The van der Waals surface area contributed by atoms with Gasteiger partial charge < -0.3 is 20.3 Å². The van der Waals surface area contributed by atoms with Gasteiger partial charge in [0, 0.05) is 13.6 Å². The average molecular weight is 266 g/mol. The molecule has 5 heteroatoms. The largest absolute Gasteiger partial charge is 0.473 e. The van der Waals surface area contributed by atoms with Crippen LogP contribution in [0.25, 0.3) is 0 Å². The molecule has 0 unspecified atom stereocenters. The van der Waals surface area contributed by atoms with E-state index < -0.39 is 0 Å². The number of hydrogen-bond acceptors (Lipinski definition) is 5. The molecular formula is C14H26N4O. The fourth-order valence-electron chi connectivity index (χ4n) is 1.71. The van der Waals surface area contributed by atoms with Gasteiger partial charge in [-0.25, -0.2) is 0 Å². The molecule has 108 valence electrons. The van der Waals surface area contributed by atoms with Crippen molar-refractivity contribution in [2.24, 2.45) is 0 Å². The van der Waals surface area contributed by atoms with Gasteiger partial charge in [-0.05, 0) is 53.0 Å². The van der Waals surface area contributed by atoms with Crippen molar-refractivity contribution in [1.82, 2.24) is 9.88 Å². The summed E-state index contributed by atoms with van der Waals surface area (Å²) in [6, 6.07) is 3.78. The van der Waals surface area contributed by atoms with Gasteiger partial charge in [-0.15, -0.1) is 0 Å². The van der Waals surface area contributed by atoms with Crippen LogP contribution >= 0.6 is 0 Å². The summed E-state index contributed by atoms with van der Waals surface area (Å²) in [5.41, 5.74) is 6.45. The second kappa shape index (κ2) is 7.19. The van der Waals surface area contributed by atoms with E-state index in [-0.39, 0.29) is 6.10 Å². The van der Waals surface area contributed by atoms with E-state index in [0.29, 0.717) is 11.6 Å².